The van der Waals surface area contributed by atoms with Gasteiger partial charge in [0.15, 0.2) is 0 Å². The predicted molar refractivity (Wildman–Crippen MR) is 52.9 cm³/mol. The molecule has 0 saturated carbocycles. The number of hydrogen-bond acceptors (Lipinski definition) is 2. The Hall–Kier alpha value is -0.930. The average Bonchev–Trinajstić information content (AvgIpc) is 2.30. The van der Waals surface area contributed by atoms with E-state index < -0.39 is 6.67 Å². The minimum atomic E-state index is -0.408. The minimum Gasteiger partial charge on any atom is -0.372 e. The molecule has 2 atom stereocenters. The van der Waals surface area contributed by atoms with Gasteiger partial charge in [-0.1, -0.05) is 30.3 Å². The van der Waals surface area contributed by atoms with Gasteiger partial charge >= 0.3 is 0 Å². The second kappa shape index (κ2) is 4.53. The molecule has 0 amide bonds. The van der Waals surface area contributed by atoms with E-state index in [-0.39, 0.29) is 12.1 Å². The fourth-order valence-electron chi connectivity index (χ4n) is 1.62. The summed E-state index contributed by atoms with van der Waals surface area (Å²) < 4.78 is 17.6. The van der Waals surface area contributed by atoms with Crippen LogP contribution in [0.25, 0.3) is 0 Å². The number of ether oxygens (including phenoxy) is 1. The van der Waals surface area contributed by atoms with E-state index in [0.717, 1.165) is 0 Å². The van der Waals surface area contributed by atoms with Gasteiger partial charge < -0.3 is 10.1 Å². The van der Waals surface area contributed by atoms with Crippen molar-refractivity contribution in [3.05, 3.63) is 35.9 Å². The van der Waals surface area contributed by atoms with E-state index in [9.17, 15) is 4.39 Å². The van der Waals surface area contributed by atoms with E-state index >= 15 is 0 Å². The van der Waals surface area contributed by atoms with Gasteiger partial charge in [-0.15, -0.1) is 0 Å². The Balaban J connectivity index is 1.96. The van der Waals surface area contributed by atoms with Crippen molar-refractivity contribution in [1.82, 2.24) is 5.32 Å². The first kappa shape index (κ1) is 9.62. The van der Waals surface area contributed by atoms with Gasteiger partial charge in [-0.25, -0.2) is 4.39 Å². The fraction of sp³-hybridized carbons (Fsp3) is 0.455. The summed E-state index contributed by atoms with van der Waals surface area (Å²) in [4.78, 5) is 0. The minimum absolute atomic E-state index is 0.207. The Labute approximate surface area is 83.1 Å². The van der Waals surface area contributed by atoms with Crippen molar-refractivity contribution >= 4 is 0 Å². The first-order valence-electron chi connectivity index (χ1n) is 4.86. The highest BCUT2D eigenvalue weighted by atomic mass is 19.1. The van der Waals surface area contributed by atoms with Crippen molar-refractivity contribution in [2.75, 3.05) is 19.8 Å². The Kier molecular flexibility index (Phi) is 3.11. The van der Waals surface area contributed by atoms with Crippen LogP contribution in [0, 0.1) is 0 Å². The molecule has 1 fully saturated rings. The van der Waals surface area contributed by atoms with Crippen LogP contribution in [0.1, 0.15) is 11.6 Å². The van der Waals surface area contributed by atoms with Gasteiger partial charge in [-0.2, -0.15) is 0 Å². The smallest absolute Gasteiger partial charge is 0.117 e. The average molecular weight is 195 g/mol. The number of rotatable bonds is 2. The number of alkyl halides is 1. The van der Waals surface area contributed by atoms with Crippen LogP contribution >= 0.6 is 0 Å². The van der Waals surface area contributed by atoms with Crippen LogP contribution in [0.5, 0.6) is 0 Å². The summed E-state index contributed by atoms with van der Waals surface area (Å²) in [5.74, 6) is 0. The standard InChI is InChI=1S/C11H14FNO/c12-6-10-7-13-11(8-14-10)9-4-2-1-3-5-9/h1-5,10-11,13H,6-8H2. The van der Waals surface area contributed by atoms with E-state index in [1.54, 1.807) is 0 Å². The van der Waals surface area contributed by atoms with Crippen molar-refractivity contribution < 1.29 is 9.13 Å². The summed E-state index contributed by atoms with van der Waals surface area (Å²) in [6, 6.07) is 10.3. The zero-order valence-corrected chi connectivity index (χ0v) is 7.95. The van der Waals surface area contributed by atoms with Gasteiger partial charge in [-0.05, 0) is 5.56 Å². The normalized spacial score (nSPS) is 27.5. The molecule has 2 rings (SSSR count). The summed E-state index contributed by atoms with van der Waals surface area (Å²) in [5, 5.41) is 3.27. The fourth-order valence-corrected chi connectivity index (χ4v) is 1.62. The number of benzene rings is 1. The van der Waals surface area contributed by atoms with E-state index in [1.165, 1.54) is 5.56 Å². The molecule has 2 nitrogen and oxygen atoms in total. The van der Waals surface area contributed by atoms with Crippen LogP contribution in [0.3, 0.4) is 0 Å². The van der Waals surface area contributed by atoms with Crippen LogP contribution in [-0.2, 0) is 4.74 Å². The molecule has 0 spiro atoms. The zero-order valence-electron chi connectivity index (χ0n) is 7.95. The monoisotopic (exact) mass is 195 g/mol. The Morgan fingerprint density at radius 2 is 2.14 bits per heavy atom. The van der Waals surface area contributed by atoms with E-state index in [0.29, 0.717) is 13.2 Å². The molecule has 0 bridgehead atoms. The molecule has 1 saturated heterocycles. The molecule has 1 N–H and O–H groups in total. The number of hydrogen-bond donors (Lipinski definition) is 1. The van der Waals surface area contributed by atoms with Crippen LogP contribution < -0.4 is 5.32 Å². The zero-order chi connectivity index (χ0) is 9.80. The lowest BCUT2D eigenvalue weighted by Gasteiger charge is -2.29. The Bertz CT molecular complexity index is 270. The lowest BCUT2D eigenvalue weighted by molar-refractivity contribution is -0.00889. The molecule has 1 aliphatic rings. The van der Waals surface area contributed by atoms with Crippen LogP contribution in [0.4, 0.5) is 4.39 Å². The van der Waals surface area contributed by atoms with Crippen molar-refractivity contribution in [2.45, 2.75) is 12.1 Å². The molecule has 0 aliphatic carbocycles. The molecule has 1 aromatic carbocycles. The molecule has 2 unspecified atom stereocenters. The van der Waals surface area contributed by atoms with E-state index in [2.05, 4.69) is 17.4 Å². The predicted octanol–water partition coefficient (Wildman–Crippen LogP) is 1.69. The SMILES string of the molecule is FCC1CNC(c2ccccc2)CO1. The summed E-state index contributed by atoms with van der Waals surface area (Å²) in [5.41, 5.74) is 1.20. The van der Waals surface area contributed by atoms with E-state index in [4.69, 9.17) is 4.74 Å². The lowest BCUT2D eigenvalue weighted by Crippen LogP contribution is -2.42. The molecule has 0 aromatic heterocycles. The third-order valence-electron chi connectivity index (χ3n) is 2.46. The molecular weight excluding hydrogens is 181 g/mol. The third kappa shape index (κ3) is 2.11. The number of nitrogens with one attached hydrogen (secondary N) is 1. The van der Waals surface area contributed by atoms with Gasteiger partial charge in [0.25, 0.3) is 0 Å². The molecule has 1 aliphatic heterocycles. The maximum Gasteiger partial charge on any atom is 0.117 e. The third-order valence-corrected chi connectivity index (χ3v) is 2.46. The number of morpholine rings is 1. The molecule has 14 heavy (non-hydrogen) atoms. The molecule has 0 radical (unpaired) electrons. The van der Waals surface area contributed by atoms with E-state index in [1.807, 2.05) is 18.2 Å². The highest BCUT2D eigenvalue weighted by molar-refractivity contribution is 5.19. The van der Waals surface area contributed by atoms with Crippen LogP contribution in [0.2, 0.25) is 0 Å². The maximum absolute atomic E-state index is 12.2. The molecule has 1 aromatic rings. The molecule has 1 heterocycles. The van der Waals surface area contributed by atoms with Gasteiger partial charge in [0.2, 0.25) is 0 Å². The first-order chi connectivity index (χ1) is 6.90. The van der Waals surface area contributed by atoms with Crippen LogP contribution in [-0.4, -0.2) is 25.9 Å². The highest BCUT2D eigenvalue weighted by Gasteiger charge is 2.21. The summed E-state index contributed by atoms with van der Waals surface area (Å²) in [6.07, 6.45) is -0.269. The Morgan fingerprint density at radius 1 is 1.36 bits per heavy atom. The Morgan fingerprint density at radius 3 is 2.71 bits per heavy atom. The largest absolute Gasteiger partial charge is 0.372 e. The highest BCUT2D eigenvalue weighted by Crippen LogP contribution is 2.17. The van der Waals surface area contributed by atoms with Crippen molar-refractivity contribution in [2.24, 2.45) is 0 Å². The number of halogens is 1. The lowest BCUT2D eigenvalue weighted by atomic mass is 10.1. The molecule has 76 valence electrons. The summed E-state index contributed by atoms with van der Waals surface area (Å²) in [7, 11) is 0. The van der Waals surface area contributed by atoms with Gasteiger partial charge in [0.05, 0.1) is 18.8 Å². The second-order valence-electron chi connectivity index (χ2n) is 3.48. The van der Waals surface area contributed by atoms with Crippen LogP contribution in [0.15, 0.2) is 30.3 Å². The summed E-state index contributed by atoms with van der Waals surface area (Å²) >= 11 is 0. The van der Waals surface area contributed by atoms with Crippen molar-refractivity contribution in [3.8, 4) is 0 Å². The maximum atomic E-state index is 12.2. The van der Waals surface area contributed by atoms with Gasteiger partial charge in [0, 0.05) is 6.54 Å². The van der Waals surface area contributed by atoms with Crippen molar-refractivity contribution in [1.29, 1.82) is 0 Å². The first-order valence-corrected chi connectivity index (χ1v) is 4.86. The second-order valence-corrected chi connectivity index (χ2v) is 3.48. The molecular formula is C11H14FNO. The molecule has 3 heteroatoms. The summed E-state index contributed by atoms with van der Waals surface area (Å²) in [6.45, 7) is 0.739. The quantitative estimate of drug-likeness (QED) is 0.775. The van der Waals surface area contributed by atoms with Gasteiger partial charge in [0.1, 0.15) is 6.67 Å². The topological polar surface area (TPSA) is 21.3 Å². The van der Waals surface area contributed by atoms with Gasteiger partial charge in [-0.3, -0.25) is 0 Å². The van der Waals surface area contributed by atoms with Crippen molar-refractivity contribution in [3.63, 3.8) is 0 Å².